The number of fused-ring (bicyclic) bond motifs is 1. The van der Waals surface area contributed by atoms with Crippen molar-refractivity contribution < 1.29 is 19.4 Å². The summed E-state index contributed by atoms with van der Waals surface area (Å²) >= 11 is 0. The number of hydrogen-bond donors (Lipinski definition) is 2. The van der Waals surface area contributed by atoms with E-state index in [1.807, 2.05) is 18.2 Å². The molecule has 0 saturated carbocycles. The van der Waals surface area contributed by atoms with Crippen LogP contribution in [0.4, 0.5) is 0 Å². The van der Waals surface area contributed by atoms with E-state index >= 15 is 0 Å². The lowest BCUT2D eigenvalue weighted by Gasteiger charge is -2.33. The first-order valence-electron chi connectivity index (χ1n) is 6.30. The standard InChI is InChI=1S/C15H14O5/c1-8-7-10-11(15(18)19-8)12(16)13(17)14(20-10)9-5-3-2-4-6-9/h2-7,12-14,16-17H,1H3/t12-,13-,14+/m0/s1. The Balaban J connectivity index is 2.09. The van der Waals surface area contributed by atoms with Crippen molar-refractivity contribution in [3.05, 3.63) is 63.7 Å². The molecule has 104 valence electrons. The van der Waals surface area contributed by atoms with Crippen molar-refractivity contribution in [3.8, 4) is 5.75 Å². The molecule has 1 aromatic carbocycles. The lowest BCUT2D eigenvalue weighted by atomic mass is 9.93. The summed E-state index contributed by atoms with van der Waals surface area (Å²) in [5, 5.41) is 20.3. The zero-order valence-corrected chi connectivity index (χ0v) is 10.8. The molecule has 5 heteroatoms. The number of aliphatic hydroxyl groups is 2. The molecule has 2 aromatic rings. The summed E-state index contributed by atoms with van der Waals surface area (Å²) in [6.07, 6.45) is -3.28. The predicted octanol–water partition coefficient (Wildman–Crippen LogP) is 1.48. The van der Waals surface area contributed by atoms with Crippen LogP contribution < -0.4 is 10.4 Å². The second-order valence-electron chi connectivity index (χ2n) is 4.81. The average molecular weight is 274 g/mol. The molecule has 0 fully saturated rings. The van der Waals surface area contributed by atoms with Crippen molar-refractivity contribution in [3.63, 3.8) is 0 Å². The third kappa shape index (κ3) is 2.01. The summed E-state index contributed by atoms with van der Waals surface area (Å²) in [7, 11) is 0. The van der Waals surface area contributed by atoms with Crippen molar-refractivity contribution in [1.29, 1.82) is 0 Å². The van der Waals surface area contributed by atoms with E-state index in [1.165, 1.54) is 0 Å². The Morgan fingerprint density at radius 1 is 1.15 bits per heavy atom. The minimum atomic E-state index is -1.33. The van der Waals surface area contributed by atoms with Gasteiger partial charge in [0, 0.05) is 6.07 Å². The number of ether oxygens (including phenoxy) is 1. The van der Waals surface area contributed by atoms with Crippen molar-refractivity contribution in [1.82, 2.24) is 0 Å². The van der Waals surface area contributed by atoms with Crippen molar-refractivity contribution in [2.75, 3.05) is 0 Å². The second-order valence-corrected chi connectivity index (χ2v) is 4.81. The largest absolute Gasteiger partial charge is 0.482 e. The monoisotopic (exact) mass is 274 g/mol. The molecule has 20 heavy (non-hydrogen) atoms. The van der Waals surface area contributed by atoms with E-state index in [0.717, 1.165) is 5.56 Å². The van der Waals surface area contributed by atoms with Gasteiger partial charge in [-0.15, -0.1) is 0 Å². The quantitative estimate of drug-likeness (QED) is 0.823. The zero-order valence-electron chi connectivity index (χ0n) is 10.8. The Labute approximate surface area is 115 Å². The molecule has 0 bridgehead atoms. The Bertz CT molecular complexity index is 676. The van der Waals surface area contributed by atoms with Gasteiger partial charge in [-0.05, 0) is 12.5 Å². The molecule has 0 amide bonds. The third-order valence-electron chi connectivity index (χ3n) is 3.38. The highest BCUT2D eigenvalue weighted by atomic mass is 16.5. The van der Waals surface area contributed by atoms with Crippen LogP contribution in [0, 0.1) is 6.92 Å². The molecule has 0 unspecified atom stereocenters. The Morgan fingerprint density at radius 3 is 2.55 bits per heavy atom. The van der Waals surface area contributed by atoms with Crippen LogP contribution in [-0.4, -0.2) is 16.3 Å². The molecular weight excluding hydrogens is 260 g/mol. The van der Waals surface area contributed by atoms with E-state index in [4.69, 9.17) is 9.15 Å². The van der Waals surface area contributed by atoms with Crippen LogP contribution in [0.5, 0.6) is 5.75 Å². The minimum Gasteiger partial charge on any atom is -0.482 e. The molecule has 0 radical (unpaired) electrons. The highest BCUT2D eigenvalue weighted by Gasteiger charge is 2.39. The van der Waals surface area contributed by atoms with Gasteiger partial charge >= 0.3 is 5.63 Å². The number of rotatable bonds is 1. The average Bonchev–Trinajstić information content (AvgIpc) is 2.43. The highest BCUT2D eigenvalue weighted by molar-refractivity contribution is 5.38. The SMILES string of the molecule is Cc1cc2c(c(=O)o1)[C@H](O)[C@H](O)[C@@H](c1ccccc1)O2. The fourth-order valence-corrected chi connectivity index (χ4v) is 2.41. The predicted molar refractivity (Wildman–Crippen MR) is 70.5 cm³/mol. The van der Waals surface area contributed by atoms with E-state index in [1.54, 1.807) is 25.1 Å². The molecule has 1 aromatic heterocycles. The summed E-state index contributed by atoms with van der Waals surface area (Å²) in [5.74, 6) is 0.648. The molecule has 0 saturated heterocycles. The van der Waals surface area contributed by atoms with Crippen molar-refractivity contribution in [2.45, 2.75) is 25.2 Å². The molecule has 2 N–H and O–H groups in total. The fourth-order valence-electron chi connectivity index (χ4n) is 2.41. The van der Waals surface area contributed by atoms with E-state index < -0.39 is 23.9 Å². The summed E-state index contributed by atoms with van der Waals surface area (Å²) in [4.78, 5) is 11.8. The van der Waals surface area contributed by atoms with Crippen molar-refractivity contribution in [2.24, 2.45) is 0 Å². The summed E-state index contributed by atoms with van der Waals surface area (Å²) in [6.45, 7) is 1.62. The molecule has 1 aliphatic rings. The maximum Gasteiger partial charge on any atom is 0.345 e. The lowest BCUT2D eigenvalue weighted by molar-refractivity contribution is -0.0721. The van der Waals surface area contributed by atoms with E-state index in [0.29, 0.717) is 5.76 Å². The lowest BCUT2D eigenvalue weighted by Crippen LogP contribution is -2.37. The van der Waals surface area contributed by atoms with Crippen LogP contribution in [-0.2, 0) is 0 Å². The highest BCUT2D eigenvalue weighted by Crippen LogP contribution is 2.39. The van der Waals surface area contributed by atoms with E-state index in [2.05, 4.69) is 0 Å². The second kappa shape index (κ2) is 4.77. The molecule has 0 aliphatic carbocycles. The van der Waals surface area contributed by atoms with Crippen LogP contribution in [0.25, 0.3) is 0 Å². The summed E-state index contributed by atoms with van der Waals surface area (Å²) in [6, 6.07) is 10.6. The van der Waals surface area contributed by atoms with E-state index in [-0.39, 0.29) is 11.3 Å². The number of aryl methyl sites for hydroxylation is 1. The van der Waals surface area contributed by atoms with Gasteiger partial charge in [-0.25, -0.2) is 4.79 Å². The molecule has 3 rings (SSSR count). The minimum absolute atomic E-state index is 0.0321. The smallest absolute Gasteiger partial charge is 0.345 e. The van der Waals surface area contributed by atoms with Gasteiger partial charge in [0.2, 0.25) is 0 Å². The van der Waals surface area contributed by atoms with Crippen LogP contribution in [0.2, 0.25) is 0 Å². The number of hydrogen-bond acceptors (Lipinski definition) is 5. The van der Waals surface area contributed by atoms with Crippen LogP contribution in [0.1, 0.15) is 29.1 Å². The van der Waals surface area contributed by atoms with Gasteiger partial charge in [0.1, 0.15) is 29.3 Å². The molecule has 5 nitrogen and oxygen atoms in total. The Morgan fingerprint density at radius 2 is 1.85 bits per heavy atom. The third-order valence-corrected chi connectivity index (χ3v) is 3.38. The van der Waals surface area contributed by atoms with E-state index in [9.17, 15) is 15.0 Å². The van der Waals surface area contributed by atoms with Gasteiger partial charge in [-0.2, -0.15) is 0 Å². The maximum absolute atomic E-state index is 11.8. The number of aliphatic hydroxyl groups excluding tert-OH is 2. The van der Waals surface area contributed by atoms with Crippen LogP contribution >= 0.6 is 0 Å². The van der Waals surface area contributed by atoms with Gasteiger partial charge in [0.15, 0.2) is 6.10 Å². The normalized spacial score (nSPS) is 24.9. The number of benzene rings is 1. The van der Waals surface area contributed by atoms with Crippen LogP contribution in [0.15, 0.2) is 45.6 Å². The molecular formula is C15H14O5. The van der Waals surface area contributed by atoms with Crippen LogP contribution in [0.3, 0.4) is 0 Å². The van der Waals surface area contributed by atoms with Gasteiger partial charge < -0.3 is 19.4 Å². The summed E-state index contributed by atoms with van der Waals surface area (Å²) in [5.41, 5.74) is 0.0175. The first-order valence-corrected chi connectivity index (χ1v) is 6.30. The van der Waals surface area contributed by atoms with Gasteiger partial charge in [0.05, 0.1) is 0 Å². The zero-order chi connectivity index (χ0) is 14.3. The Hall–Kier alpha value is -2.11. The fraction of sp³-hybridized carbons (Fsp3) is 0.267. The molecule has 3 atom stereocenters. The summed E-state index contributed by atoms with van der Waals surface area (Å²) < 4.78 is 10.6. The maximum atomic E-state index is 11.8. The van der Waals surface area contributed by atoms with Crippen molar-refractivity contribution >= 4 is 0 Å². The van der Waals surface area contributed by atoms with Gasteiger partial charge in [-0.3, -0.25) is 0 Å². The molecule has 1 aliphatic heterocycles. The molecule has 0 spiro atoms. The first kappa shape index (κ1) is 12.9. The first-order chi connectivity index (χ1) is 9.58. The molecule has 2 heterocycles. The topological polar surface area (TPSA) is 79.9 Å². The Kier molecular flexibility index (Phi) is 3.08. The van der Waals surface area contributed by atoms with Gasteiger partial charge in [0.25, 0.3) is 0 Å². The van der Waals surface area contributed by atoms with Gasteiger partial charge in [-0.1, -0.05) is 30.3 Å².